The van der Waals surface area contributed by atoms with Crippen LogP contribution in [0, 0.1) is 12.3 Å². The summed E-state index contributed by atoms with van der Waals surface area (Å²) in [7, 11) is 0. The summed E-state index contributed by atoms with van der Waals surface area (Å²) < 4.78 is 0. The van der Waals surface area contributed by atoms with Gasteiger partial charge in [0.25, 0.3) is 0 Å². The molecule has 0 aliphatic heterocycles. The summed E-state index contributed by atoms with van der Waals surface area (Å²) >= 11 is 1.55. The van der Waals surface area contributed by atoms with Crippen molar-refractivity contribution in [2.75, 3.05) is 18.9 Å². The van der Waals surface area contributed by atoms with Gasteiger partial charge in [0.2, 0.25) is 5.91 Å². The van der Waals surface area contributed by atoms with Gasteiger partial charge in [-0.1, -0.05) is 31.5 Å². The van der Waals surface area contributed by atoms with Crippen molar-refractivity contribution in [2.45, 2.75) is 38.5 Å². The van der Waals surface area contributed by atoms with Crippen LogP contribution in [0.3, 0.4) is 0 Å². The van der Waals surface area contributed by atoms with Crippen LogP contribution in [-0.2, 0) is 4.79 Å². The van der Waals surface area contributed by atoms with E-state index in [1.54, 1.807) is 11.8 Å². The van der Waals surface area contributed by atoms with Crippen molar-refractivity contribution < 1.29 is 9.90 Å². The van der Waals surface area contributed by atoms with Crippen molar-refractivity contribution in [1.29, 1.82) is 0 Å². The highest BCUT2D eigenvalue weighted by molar-refractivity contribution is 8.00. The molecule has 4 heteroatoms. The molecule has 0 saturated heterocycles. The fourth-order valence-electron chi connectivity index (χ4n) is 1.82. The number of amides is 1. The second kappa shape index (κ2) is 8.32. The first-order valence-corrected chi connectivity index (χ1v) is 7.98. The van der Waals surface area contributed by atoms with Gasteiger partial charge in [0, 0.05) is 18.0 Å². The van der Waals surface area contributed by atoms with E-state index < -0.39 is 0 Å². The number of aryl methyl sites for hydroxylation is 1. The van der Waals surface area contributed by atoms with Gasteiger partial charge in [0.1, 0.15) is 0 Å². The van der Waals surface area contributed by atoms with Crippen molar-refractivity contribution in [3.63, 3.8) is 0 Å². The van der Waals surface area contributed by atoms with Crippen LogP contribution in [0.4, 0.5) is 0 Å². The number of benzene rings is 1. The first-order valence-electron chi connectivity index (χ1n) is 7.00. The Labute approximate surface area is 126 Å². The summed E-state index contributed by atoms with van der Waals surface area (Å²) in [6.45, 7) is 7.13. The van der Waals surface area contributed by atoms with Crippen LogP contribution >= 0.6 is 11.8 Å². The zero-order valence-electron chi connectivity index (χ0n) is 12.6. The first-order chi connectivity index (χ1) is 9.43. The van der Waals surface area contributed by atoms with Crippen LogP contribution in [0.5, 0.6) is 0 Å². The fourth-order valence-corrected chi connectivity index (χ4v) is 2.55. The SMILES string of the molecule is Cc1ccc(SCC(=O)NCC(C)(C)CCCO)cc1. The molecule has 2 N–H and O–H groups in total. The number of rotatable bonds is 8. The normalized spacial score (nSPS) is 11.4. The minimum atomic E-state index is 0.0346. The highest BCUT2D eigenvalue weighted by Crippen LogP contribution is 2.21. The van der Waals surface area contributed by atoms with Crippen molar-refractivity contribution >= 4 is 17.7 Å². The molecule has 1 aromatic carbocycles. The second-order valence-corrected chi connectivity index (χ2v) is 6.92. The van der Waals surface area contributed by atoms with Crippen LogP contribution in [0.1, 0.15) is 32.3 Å². The predicted octanol–water partition coefficient (Wildman–Crippen LogP) is 3.00. The standard InChI is InChI=1S/C16H25NO2S/c1-13-5-7-14(8-6-13)20-11-15(19)17-12-16(2,3)9-4-10-18/h5-8,18H,4,9-12H2,1-3H3,(H,17,19). The van der Waals surface area contributed by atoms with Gasteiger partial charge in [-0.25, -0.2) is 0 Å². The Morgan fingerprint density at radius 2 is 1.95 bits per heavy atom. The Balaban J connectivity index is 2.28. The average Bonchev–Trinajstić information content (AvgIpc) is 2.42. The number of hydrogen-bond donors (Lipinski definition) is 2. The number of nitrogens with one attached hydrogen (secondary N) is 1. The zero-order chi connectivity index (χ0) is 15.0. The van der Waals surface area contributed by atoms with E-state index in [0.29, 0.717) is 12.3 Å². The van der Waals surface area contributed by atoms with Crippen molar-refractivity contribution in [3.8, 4) is 0 Å². The number of aliphatic hydroxyl groups is 1. The predicted molar refractivity (Wildman–Crippen MR) is 85.0 cm³/mol. The number of carbonyl (C=O) groups is 1. The summed E-state index contributed by atoms with van der Waals surface area (Å²) in [6.07, 6.45) is 1.69. The third-order valence-corrected chi connectivity index (χ3v) is 4.18. The molecule has 0 unspecified atom stereocenters. The summed E-state index contributed by atoms with van der Waals surface area (Å²) in [5.41, 5.74) is 1.26. The molecule has 1 rings (SSSR count). The zero-order valence-corrected chi connectivity index (χ0v) is 13.4. The lowest BCUT2D eigenvalue weighted by Crippen LogP contribution is -2.35. The highest BCUT2D eigenvalue weighted by atomic mass is 32.2. The first kappa shape index (κ1) is 17.1. The fraction of sp³-hybridized carbons (Fsp3) is 0.562. The average molecular weight is 295 g/mol. The van der Waals surface area contributed by atoms with Crippen LogP contribution in [0.15, 0.2) is 29.2 Å². The Morgan fingerprint density at radius 1 is 1.30 bits per heavy atom. The number of hydrogen-bond acceptors (Lipinski definition) is 3. The molecular weight excluding hydrogens is 270 g/mol. The third kappa shape index (κ3) is 6.96. The second-order valence-electron chi connectivity index (χ2n) is 5.87. The topological polar surface area (TPSA) is 49.3 Å². The largest absolute Gasteiger partial charge is 0.396 e. The van der Waals surface area contributed by atoms with Gasteiger partial charge < -0.3 is 10.4 Å². The van der Waals surface area contributed by atoms with Crippen molar-refractivity contribution in [2.24, 2.45) is 5.41 Å². The molecule has 0 aliphatic rings. The molecule has 1 amide bonds. The maximum atomic E-state index is 11.8. The van der Waals surface area contributed by atoms with E-state index in [-0.39, 0.29) is 17.9 Å². The lowest BCUT2D eigenvalue weighted by Gasteiger charge is -2.24. The van der Waals surface area contributed by atoms with Gasteiger partial charge in [-0.3, -0.25) is 4.79 Å². The van der Waals surface area contributed by atoms with E-state index in [2.05, 4.69) is 38.2 Å². The Bertz CT molecular complexity index is 415. The number of carbonyl (C=O) groups excluding carboxylic acids is 1. The maximum absolute atomic E-state index is 11.8. The van der Waals surface area contributed by atoms with Gasteiger partial charge in [-0.15, -0.1) is 11.8 Å². The van der Waals surface area contributed by atoms with E-state index >= 15 is 0 Å². The molecule has 20 heavy (non-hydrogen) atoms. The van der Waals surface area contributed by atoms with Crippen LogP contribution in [0.25, 0.3) is 0 Å². The molecule has 0 saturated carbocycles. The van der Waals surface area contributed by atoms with Gasteiger partial charge in [0.05, 0.1) is 5.75 Å². The van der Waals surface area contributed by atoms with Gasteiger partial charge >= 0.3 is 0 Å². The molecule has 112 valence electrons. The number of aliphatic hydroxyl groups excluding tert-OH is 1. The third-order valence-electron chi connectivity index (χ3n) is 3.17. The molecule has 0 atom stereocenters. The van der Waals surface area contributed by atoms with Gasteiger partial charge in [-0.05, 0) is 37.3 Å². The maximum Gasteiger partial charge on any atom is 0.230 e. The van der Waals surface area contributed by atoms with Crippen molar-refractivity contribution in [1.82, 2.24) is 5.32 Å². The quantitative estimate of drug-likeness (QED) is 0.725. The van der Waals surface area contributed by atoms with Crippen LogP contribution in [-0.4, -0.2) is 29.9 Å². The Hall–Kier alpha value is -1.00. The molecule has 0 bridgehead atoms. The lowest BCUT2D eigenvalue weighted by atomic mass is 9.88. The highest BCUT2D eigenvalue weighted by Gasteiger charge is 2.18. The molecule has 0 spiro atoms. The molecule has 3 nitrogen and oxygen atoms in total. The van der Waals surface area contributed by atoms with Crippen LogP contribution in [0.2, 0.25) is 0 Å². The van der Waals surface area contributed by atoms with Crippen molar-refractivity contribution in [3.05, 3.63) is 29.8 Å². The Morgan fingerprint density at radius 3 is 2.55 bits per heavy atom. The van der Waals surface area contributed by atoms with E-state index in [0.717, 1.165) is 17.7 Å². The number of thioether (sulfide) groups is 1. The summed E-state index contributed by atoms with van der Waals surface area (Å²) in [5.74, 6) is 0.506. The molecular formula is C16H25NO2S. The van der Waals surface area contributed by atoms with E-state index in [9.17, 15) is 4.79 Å². The molecule has 0 heterocycles. The van der Waals surface area contributed by atoms with E-state index in [1.807, 2.05) is 12.1 Å². The molecule has 0 aromatic heterocycles. The summed E-state index contributed by atoms with van der Waals surface area (Å²) in [6, 6.07) is 8.19. The molecule has 1 aromatic rings. The molecule has 0 fully saturated rings. The molecule has 0 aliphatic carbocycles. The lowest BCUT2D eigenvalue weighted by molar-refractivity contribution is -0.119. The summed E-state index contributed by atoms with van der Waals surface area (Å²) in [4.78, 5) is 12.9. The molecule has 0 radical (unpaired) electrons. The van der Waals surface area contributed by atoms with Gasteiger partial charge in [-0.2, -0.15) is 0 Å². The minimum Gasteiger partial charge on any atom is -0.396 e. The van der Waals surface area contributed by atoms with Gasteiger partial charge in [0.15, 0.2) is 0 Å². The summed E-state index contributed by atoms with van der Waals surface area (Å²) in [5, 5.41) is 11.8. The van der Waals surface area contributed by atoms with Crippen LogP contribution < -0.4 is 5.32 Å². The van der Waals surface area contributed by atoms with E-state index in [4.69, 9.17) is 5.11 Å². The smallest absolute Gasteiger partial charge is 0.230 e. The minimum absolute atomic E-state index is 0.0346. The van der Waals surface area contributed by atoms with E-state index in [1.165, 1.54) is 5.56 Å². The Kier molecular flexibility index (Phi) is 7.10. The monoisotopic (exact) mass is 295 g/mol.